The van der Waals surface area contributed by atoms with E-state index in [1.807, 2.05) is 34.8 Å². The number of fused-ring (bicyclic) bond motifs is 1. The van der Waals surface area contributed by atoms with E-state index >= 15 is 0 Å². The van der Waals surface area contributed by atoms with Crippen LogP contribution in [-0.2, 0) is 6.54 Å². The van der Waals surface area contributed by atoms with E-state index < -0.39 is 0 Å². The van der Waals surface area contributed by atoms with Crippen molar-refractivity contribution in [2.45, 2.75) is 38.8 Å². The van der Waals surface area contributed by atoms with Crippen LogP contribution < -0.4 is 0 Å². The highest BCUT2D eigenvalue weighted by molar-refractivity contribution is 5.91. The number of hydrogen-bond acceptors (Lipinski definition) is 5. The first kappa shape index (κ1) is 14.8. The van der Waals surface area contributed by atoms with Gasteiger partial charge in [-0.05, 0) is 38.3 Å². The molecule has 0 aliphatic carbocycles. The van der Waals surface area contributed by atoms with Crippen LogP contribution in [-0.4, -0.2) is 52.8 Å². The third-order valence-electron chi connectivity index (χ3n) is 4.47. The molecule has 4 heterocycles. The molecule has 8 nitrogen and oxygen atoms in total. The molecule has 8 heteroatoms. The van der Waals surface area contributed by atoms with Gasteiger partial charge < -0.3 is 4.90 Å². The molecule has 0 N–H and O–H groups in total. The fourth-order valence-electron chi connectivity index (χ4n) is 3.21. The zero-order valence-electron chi connectivity index (χ0n) is 13.5. The zero-order chi connectivity index (χ0) is 16.5. The van der Waals surface area contributed by atoms with Gasteiger partial charge in [0.25, 0.3) is 11.7 Å². The summed E-state index contributed by atoms with van der Waals surface area (Å²) in [6.07, 6.45) is 8.45. The van der Waals surface area contributed by atoms with Gasteiger partial charge in [0.2, 0.25) is 5.82 Å². The monoisotopic (exact) mass is 325 g/mol. The summed E-state index contributed by atoms with van der Waals surface area (Å²) in [6.45, 7) is 3.34. The number of carbonyl (C=O) groups is 1. The molecule has 1 aliphatic heterocycles. The largest absolute Gasteiger partial charge is 0.331 e. The topological polar surface area (TPSA) is 81.2 Å². The second-order valence-corrected chi connectivity index (χ2v) is 6.11. The second-order valence-electron chi connectivity index (χ2n) is 6.11. The van der Waals surface area contributed by atoms with Crippen LogP contribution in [0.3, 0.4) is 0 Å². The predicted octanol–water partition coefficient (Wildman–Crippen LogP) is 1.32. The van der Waals surface area contributed by atoms with Gasteiger partial charge in [0.15, 0.2) is 0 Å². The van der Waals surface area contributed by atoms with E-state index in [2.05, 4.69) is 20.2 Å². The molecule has 1 atom stereocenters. The predicted molar refractivity (Wildman–Crippen MR) is 86.4 cm³/mol. The van der Waals surface area contributed by atoms with E-state index in [9.17, 15) is 4.79 Å². The van der Waals surface area contributed by atoms with E-state index in [-0.39, 0.29) is 17.8 Å². The number of aromatic nitrogens is 6. The van der Waals surface area contributed by atoms with Crippen LogP contribution in [0.4, 0.5) is 0 Å². The van der Waals surface area contributed by atoms with Crippen LogP contribution in [0.15, 0.2) is 30.7 Å². The molecular formula is C16H19N7O. The van der Waals surface area contributed by atoms with Crippen molar-refractivity contribution in [2.24, 2.45) is 0 Å². The standard InChI is InChI=1S/C16H19N7O/c1-12-6-8-17-16-19-14(20-23(12)16)15(24)22-10-3-2-5-13(22)11-21-9-4-7-18-21/h4,6-9,13H,2-3,5,10-11H2,1H3/t13-/m1/s1. The minimum Gasteiger partial charge on any atom is -0.331 e. The summed E-state index contributed by atoms with van der Waals surface area (Å²) in [5.74, 6) is 0.542. The molecule has 0 bridgehead atoms. The summed E-state index contributed by atoms with van der Waals surface area (Å²) in [5, 5.41) is 8.60. The summed E-state index contributed by atoms with van der Waals surface area (Å²) in [4.78, 5) is 23.3. The lowest BCUT2D eigenvalue weighted by molar-refractivity contribution is 0.0571. The van der Waals surface area contributed by atoms with Crippen molar-refractivity contribution in [1.29, 1.82) is 0 Å². The van der Waals surface area contributed by atoms with Crippen LogP contribution in [0.5, 0.6) is 0 Å². The van der Waals surface area contributed by atoms with E-state index in [1.165, 1.54) is 0 Å². The van der Waals surface area contributed by atoms with Crippen LogP contribution in [0.1, 0.15) is 35.6 Å². The summed E-state index contributed by atoms with van der Waals surface area (Å²) in [5.41, 5.74) is 0.901. The Morgan fingerprint density at radius 2 is 2.25 bits per heavy atom. The Balaban J connectivity index is 1.61. The van der Waals surface area contributed by atoms with Gasteiger partial charge in [-0.25, -0.2) is 9.50 Å². The van der Waals surface area contributed by atoms with Crippen molar-refractivity contribution in [2.75, 3.05) is 6.54 Å². The zero-order valence-corrected chi connectivity index (χ0v) is 13.5. The van der Waals surface area contributed by atoms with Crippen molar-refractivity contribution in [3.63, 3.8) is 0 Å². The van der Waals surface area contributed by atoms with Crippen LogP contribution in [0.2, 0.25) is 0 Å². The number of carbonyl (C=O) groups excluding carboxylic acids is 1. The van der Waals surface area contributed by atoms with E-state index in [0.717, 1.165) is 31.5 Å². The number of likely N-dealkylation sites (tertiary alicyclic amines) is 1. The Kier molecular flexibility index (Phi) is 3.72. The van der Waals surface area contributed by atoms with Crippen molar-refractivity contribution < 1.29 is 4.79 Å². The van der Waals surface area contributed by atoms with Crippen LogP contribution >= 0.6 is 0 Å². The molecule has 0 saturated carbocycles. The Morgan fingerprint density at radius 1 is 1.33 bits per heavy atom. The minimum absolute atomic E-state index is 0.117. The fourth-order valence-corrected chi connectivity index (χ4v) is 3.21. The first-order valence-electron chi connectivity index (χ1n) is 8.19. The van der Waals surface area contributed by atoms with Crippen molar-refractivity contribution in [3.05, 3.63) is 42.2 Å². The van der Waals surface area contributed by atoms with Crippen molar-refractivity contribution in [1.82, 2.24) is 34.3 Å². The third-order valence-corrected chi connectivity index (χ3v) is 4.47. The number of piperidine rings is 1. The molecule has 3 aromatic heterocycles. The number of amides is 1. The van der Waals surface area contributed by atoms with Gasteiger partial charge in [0.05, 0.1) is 12.6 Å². The molecule has 1 saturated heterocycles. The molecule has 0 spiro atoms. The molecule has 1 amide bonds. The van der Waals surface area contributed by atoms with Crippen molar-refractivity contribution in [3.8, 4) is 0 Å². The number of nitrogens with zero attached hydrogens (tertiary/aromatic N) is 7. The highest BCUT2D eigenvalue weighted by Crippen LogP contribution is 2.20. The maximum Gasteiger partial charge on any atom is 0.293 e. The normalized spacial score (nSPS) is 18.2. The maximum atomic E-state index is 12.9. The molecule has 24 heavy (non-hydrogen) atoms. The highest BCUT2D eigenvalue weighted by atomic mass is 16.2. The van der Waals surface area contributed by atoms with Crippen LogP contribution in [0.25, 0.3) is 5.78 Å². The number of aryl methyl sites for hydroxylation is 1. The Labute approximate surface area is 139 Å². The average molecular weight is 325 g/mol. The Morgan fingerprint density at radius 3 is 3.04 bits per heavy atom. The lowest BCUT2D eigenvalue weighted by Crippen LogP contribution is -2.46. The summed E-state index contributed by atoms with van der Waals surface area (Å²) >= 11 is 0. The molecule has 4 rings (SSSR count). The lowest BCUT2D eigenvalue weighted by Gasteiger charge is -2.34. The Bertz CT molecular complexity index is 855. The van der Waals surface area contributed by atoms with Gasteiger partial charge in [-0.1, -0.05) is 0 Å². The first-order valence-corrected chi connectivity index (χ1v) is 8.19. The SMILES string of the molecule is Cc1ccnc2nc(C(=O)N3CCCC[C@@H]3Cn3cccn3)nn12. The smallest absolute Gasteiger partial charge is 0.293 e. The quantitative estimate of drug-likeness (QED) is 0.725. The fraction of sp³-hybridized carbons (Fsp3) is 0.438. The van der Waals surface area contributed by atoms with E-state index in [0.29, 0.717) is 12.3 Å². The minimum atomic E-state index is -0.128. The van der Waals surface area contributed by atoms with Gasteiger partial charge in [-0.3, -0.25) is 9.48 Å². The molecule has 124 valence electrons. The van der Waals surface area contributed by atoms with Gasteiger partial charge in [0.1, 0.15) is 0 Å². The second kappa shape index (κ2) is 6.03. The summed E-state index contributed by atoms with van der Waals surface area (Å²) in [7, 11) is 0. The van der Waals surface area contributed by atoms with E-state index in [1.54, 1.807) is 16.9 Å². The number of hydrogen-bond donors (Lipinski definition) is 0. The molecule has 0 unspecified atom stereocenters. The summed E-state index contributed by atoms with van der Waals surface area (Å²) in [6, 6.07) is 3.86. The molecule has 0 aromatic carbocycles. The summed E-state index contributed by atoms with van der Waals surface area (Å²) < 4.78 is 3.48. The van der Waals surface area contributed by atoms with E-state index in [4.69, 9.17) is 0 Å². The number of rotatable bonds is 3. The lowest BCUT2D eigenvalue weighted by atomic mass is 10.0. The molecular weight excluding hydrogens is 306 g/mol. The van der Waals surface area contributed by atoms with Gasteiger partial charge in [-0.15, -0.1) is 5.10 Å². The van der Waals surface area contributed by atoms with Crippen LogP contribution in [0, 0.1) is 6.92 Å². The van der Waals surface area contributed by atoms with Gasteiger partial charge in [-0.2, -0.15) is 10.1 Å². The first-order chi connectivity index (χ1) is 11.7. The third kappa shape index (κ3) is 2.64. The maximum absolute atomic E-state index is 12.9. The highest BCUT2D eigenvalue weighted by Gasteiger charge is 2.30. The van der Waals surface area contributed by atoms with Gasteiger partial charge in [0, 0.05) is 30.8 Å². The molecule has 1 fully saturated rings. The van der Waals surface area contributed by atoms with Crippen molar-refractivity contribution >= 4 is 11.7 Å². The Hall–Kier alpha value is -2.77. The molecule has 1 aliphatic rings. The molecule has 0 radical (unpaired) electrons. The molecule has 3 aromatic rings. The average Bonchev–Trinajstić information content (AvgIpc) is 3.25. The van der Waals surface area contributed by atoms with Gasteiger partial charge >= 0.3 is 0 Å².